The van der Waals surface area contributed by atoms with E-state index in [4.69, 9.17) is 18.9 Å². The lowest BCUT2D eigenvalue weighted by Crippen LogP contribution is -2.39. The topological polar surface area (TPSA) is 116 Å². The summed E-state index contributed by atoms with van der Waals surface area (Å²) >= 11 is 0. The van der Waals surface area contributed by atoms with Gasteiger partial charge in [-0.1, -0.05) is 12.1 Å². The van der Waals surface area contributed by atoms with Gasteiger partial charge < -0.3 is 18.9 Å². The number of hydrazone groups is 1. The first-order valence-electron chi connectivity index (χ1n) is 11.8. The Kier molecular flexibility index (Phi) is 8.06. The molecule has 0 radical (unpaired) electrons. The van der Waals surface area contributed by atoms with Gasteiger partial charge in [0.25, 0.3) is 15.9 Å². The molecule has 4 rings (SSSR count). The molecule has 0 saturated heterocycles. The molecule has 38 heavy (non-hydrogen) atoms. The largest absolute Gasteiger partial charge is 0.493 e. The molecule has 0 saturated carbocycles. The fraction of sp³-hybridized carbons (Fsp3) is 0.259. The van der Waals surface area contributed by atoms with E-state index in [2.05, 4.69) is 10.5 Å². The summed E-state index contributed by atoms with van der Waals surface area (Å²) in [7, 11) is -1.30. The standard InChI is InChI=1S/C27H29N3O7S/c1-18-12-19(2)14-21(13-18)30(38(32,33)22-8-9-23(34-3)25(15-22)35-4)17-26(31)29-28-16-20-6-5-7-24-27(20)37-11-10-36-24/h5-9,12-16H,10-11,17H2,1-4H3,(H,29,31)/b28-16-. The van der Waals surface area contributed by atoms with Crippen LogP contribution in [0.4, 0.5) is 5.69 Å². The van der Waals surface area contributed by atoms with Gasteiger partial charge in [0.2, 0.25) is 0 Å². The van der Waals surface area contributed by atoms with Gasteiger partial charge >= 0.3 is 0 Å². The lowest BCUT2D eigenvalue weighted by Gasteiger charge is -2.25. The van der Waals surface area contributed by atoms with Gasteiger partial charge in [0.15, 0.2) is 23.0 Å². The van der Waals surface area contributed by atoms with Gasteiger partial charge in [0.05, 0.1) is 31.0 Å². The smallest absolute Gasteiger partial charge is 0.264 e. The highest BCUT2D eigenvalue weighted by molar-refractivity contribution is 7.92. The number of aryl methyl sites for hydroxylation is 2. The van der Waals surface area contributed by atoms with Crippen molar-refractivity contribution in [2.45, 2.75) is 18.7 Å². The Morgan fingerprint density at radius 1 is 1.00 bits per heavy atom. The molecule has 1 aliphatic heterocycles. The Hall–Kier alpha value is -4.25. The van der Waals surface area contributed by atoms with Crippen LogP contribution in [0.5, 0.6) is 23.0 Å². The Labute approximate surface area is 221 Å². The lowest BCUT2D eigenvalue weighted by molar-refractivity contribution is -0.119. The highest BCUT2D eigenvalue weighted by Gasteiger charge is 2.29. The van der Waals surface area contributed by atoms with Gasteiger partial charge in [-0.15, -0.1) is 0 Å². The molecule has 0 bridgehead atoms. The Bertz CT molecular complexity index is 1450. The summed E-state index contributed by atoms with van der Waals surface area (Å²) in [5, 5.41) is 4.02. The Balaban J connectivity index is 1.62. The number of benzene rings is 3. The predicted octanol–water partition coefficient (Wildman–Crippen LogP) is 3.44. The van der Waals surface area contributed by atoms with Crippen molar-refractivity contribution in [3.8, 4) is 23.0 Å². The van der Waals surface area contributed by atoms with Crippen LogP contribution in [0.1, 0.15) is 16.7 Å². The number of rotatable bonds is 9. The molecule has 10 nitrogen and oxygen atoms in total. The highest BCUT2D eigenvalue weighted by atomic mass is 32.2. The van der Waals surface area contributed by atoms with E-state index in [1.54, 1.807) is 30.3 Å². The maximum atomic E-state index is 13.8. The quantitative estimate of drug-likeness (QED) is 0.327. The molecule has 0 aliphatic carbocycles. The fourth-order valence-electron chi connectivity index (χ4n) is 4.05. The number of para-hydroxylation sites is 1. The molecular weight excluding hydrogens is 510 g/mol. The van der Waals surface area contributed by atoms with E-state index in [1.165, 1.54) is 38.6 Å². The van der Waals surface area contributed by atoms with Crippen LogP contribution >= 0.6 is 0 Å². The van der Waals surface area contributed by atoms with E-state index in [0.29, 0.717) is 41.7 Å². The zero-order chi connectivity index (χ0) is 27.3. The number of methoxy groups -OCH3 is 2. The molecule has 1 N–H and O–H groups in total. The van der Waals surface area contributed by atoms with Gasteiger partial charge in [-0.3, -0.25) is 9.10 Å². The van der Waals surface area contributed by atoms with Crippen molar-refractivity contribution in [3.63, 3.8) is 0 Å². The molecule has 1 aliphatic rings. The van der Waals surface area contributed by atoms with Gasteiger partial charge in [-0.05, 0) is 61.4 Å². The SMILES string of the molecule is COc1ccc(S(=O)(=O)N(CC(=O)N/N=C\c2cccc3c2OCCO3)c2cc(C)cc(C)c2)cc1OC. The van der Waals surface area contributed by atoms with Crippen molar-refractivity contribution in [2.75, 3.05) is 38.3 Å². The van der Waals surface area contributed by atoms with Crippen LogP contribution in [0.15, 0.2) is 64.6 Å². The minimum absolute atomic E-state index is 0.0568. The van der Waals surface area contributed by atoms with Crippen molar-refractivity contribution >= 4 is 27.8 Å². The number of anilines is 1. The van der Waals surface area contributed by atoms with E-state index in [9.17, 15) is 13.2 Å². The second-order valence-corrected chi connectivity index (χ2v) is 10.4. The molecule has 0 unspecified atom stereocenters. The van der Waals surface area contributed by atoms with E-state index >= 15 is 0 Å². The molecule has 1 heterocycles. The van der Waals surface area contributed by atoms with Crippen LogP contribution in [0, 0.1) is 13.8 Å². The maximum Gasteiger partial charge on any atom is 0.264 e. The van der Waals surface area contributed by atoms with Crippen molar-refractivity contribution in [2.24, 2.45) is 5.10 Å². The van der Waals surface area contributed by atoms with Crippen molar-refractivity contribution in [3.05, 3.63) is 71.3 Å². The first-order chi connectivity index (χ1) is 18.2. The number of fused-ring (bicyclic) bond motifs is 1. The van der Waals surface area contributed by atoms with Gasteiger partial charge in [0.1, 0.15) is 19.8 Å². The minimum Gasteiger partial charge on any atom is -0.493 e. The number of hydrogen-bond donors (Lipinski definition) is 1. The molecule has 0 fully saturated rings. The summed E-state index contributed by atoms with van der Waals surface area (Å²) < 4.78 is 50.4. The number of carbonyl (C=O) groups excluding carboxylic acids is 1. The summed E-state index contributed by atoms with van der Waals surface area (Å²) in [6.45, 7) is 4.06. The predicted molar refractivity (Wildman–Crippen MR) is 143 cm³/mol. The van der Waals surface area contributed by atoms with Crippen LogP contribution in [-0.2, 0) is 14.8 Å². The number of carbonyl (C=O) groups is 1. The third-order valence-corrected chi connectivity index (χ3v) is 7.48. The summed E-state index contributed by atoms with van der Waals surface area (Å²) in [4.78, 5) is 12.9. The van der Waals surface area contributed by atoms with Crippen LogP contribution in [0.2, 0.25) is 0 Å². The normalized spacial score (nSPS) is 12.7. The Morgan fingerprint density at radius 2 is 1.71 bits per heavy atom. The molecule has 11 heteroatoms. The number of hydrogen-bond acceptors (Lipinski definition) is 8. The Morgan fingerprint density at radius 3 is 2.42 bits per heavy atom. The number of nitrogens with zero attached hydrogens (tertiary/aromatic N) is 2. The molecule has 200 valence electrons. The highest BCUT2D eigenvalue weighted by Crippen LogP contribution is 2.33. The van der Waals surface area contributed by atoms with Crippen molar-refractivity contribution in [1.82, 2.24) is 5.43 Å². The maximum absolute atomic E-state index is 13.8. The molecule has 0 spiro atoms. The van der Waals surface area contributed by atoms with Gasteiger partial charge in [-0.25, -0.2) is 13.8 Å². The van der Waals surface area contributed by atoms with Crippen molar-refractivity contribution in [1.29, 1.82) is 0 Å². The molecule has 0 aromatic heterocycles. The van der Waals surface area contributed by atoms with Gasteiger partial charge in [0, 0.05) is 11.6 Å². The monoisotopic (exact) mass is 539 g/mol. The van der Waals surface area contributed by atoms with E-state index in [-0.39, 0.29) is 10.6 Å². The second-order valence-electron chi connectivity index (χ2n) is 8.54. The van der Waals surface area contributed by atoms with E-state index < -0.39 is 22.5 Å². The molecule has 3 aromatic carbocycles. The average Bonchev–Trinajstić information content (AvgIpc) is 2.90. The number of sulfonamides is 1. The number of amides is 1. The zero-order valence-electron chi connectivity index (χ0n) is 21.6. The second kappa shape index (κ2) is 11.4. The van der Waals surface area contributed by atoms with Crippen LogP contribution < -0.4 is 28.7 Å². The summed E-state index contributed by atoms with van der Waals surface area (Å²) in [5.74, 6) is 1.12. The first kappa shape index (κ1) is 26.8. The lowest BCUT2D eigenvalue weighted by atomic mass is 10.1. The van der Waals surface area contributed by atoms with Crippen molar-refractivity contribution < 1.29 is 32.2 Å². The van der Waals surface area contributed by atoms with Crippen LogP contribution in [0.25, 0.3) is 0 Å². The third kappa shape index (κ3) is 5.83. The van der Waals surface area contributed by atoms with Crippen LogP contribution in [-0.4, -0.2) is 54.5 Å². The average molecular weight is 540 g/mol. The zero-order valence-corrected chi connectivity index (χ0v) is 22.4. The van der Waals surface area contributed by atoms with Gasteiger partial charge in [-0.2, -0.15) is 5.10 Å². The molecule has 0 atom stereocenters. The molecule has 1 amide bonds. The summed E-state index contributed by atoms with van der Waals surface area (Å²) in [6, 6.07) is 14.9. The summed E-state index contributed by atoms with van der Waals surface area (Å²) in [5.41, 5.74) is 5.08. The summed E-state index contributed by atoms with van der Waals surface area (Å²) in [6.07, 6.45) is 1.43. The number of nitrogens with one attached hydrogen (secondary N) is 1. The number of ether oxygens (including phenoxy) is 4. The fourth-order valence-corrected chi connectivity index (χ4v) is 5.47. The minimum atomic E-state index is -4.18. The first-order valence-corrected chi connectivity index (χ1v) is 13.2. The van der Waals surface area contributed by atoms with E-state index in [0.717, 1.165) is 15.4 Å². The third-order valence-electron chi connectivity index (χ3n) is 5.71. The van der Waals surface area contributed by atoms with E-state index in [1.807, 2.05) is 19.9 Å². The molecular formula is C27H29N3O7S. The van der Waals surface area contributed by atoms with Crippen LogP contribution in [0.3, 0.4) is 0 Å². The molecule has 3 aromatic rings.